The number of fused-ring (bicyclic) bond motifs is 1. The first-order chi connectivity index (χ1) is 11.8. The normalized spacial score (nSPS) is 11.9. The van der Waals surface area contributed by atoms with Gasteiger partial charge in [0.1, 0.15) is 5.75 Å². The van der Waals surface area contributed by atoms with Crippen molar-refractivity contribution in [3.8, 4) is 5.75 Å². The Bertz CT molecular complexity index is 818. The van der Waals surface area contributed by atoms with E-state index in [9.17, 15) is 4.79 Å². The van der Waals surface area contributed by atoms with Gasteiger partial charge >= 0.3 is 0 Å². The van der Waals surface area contributed by atoms with Gasteiger partial charge in [-0.3, -0.25) is 9.78 Å². The van der Waals surface area contributed by atoms with E-state index in [-0.39, 0.29) is 5.91 Å². The average molecular weight is 320 g/mol. The van der Waals surface area contributed by atoms with Crippen LogP contribution < -0.4 is 10.1 Å². The van der Waals surface area contributed by atoms with Crippen molar-refractivity contribution in [2.75, 3.05) is 0 Å². The first-order valence-corrected chi connectivity index (χ1v) is 8.08. The number of rotatable bonds is 6. The number of hydrogen-bond donors (Lipinski definition) is 1. The Morgan fingerprint density at radius 3 is 2.58 bits per heavy atom. The molecule has 1 N–H and O–H groups in total. The van der Waals surface area contributed by atoms with Crippen LogP contribution in [0.1, 0.15) is 18.9 Å². The van der Waals surface area contributed by atoms with Crippen LogP contribution in [0.25, 0.3) is 10.8 Å². The van der Waals surface area contributed by atoms with E-state index in [4.69, 9.17) is 4.74 Å². The Morgan fingerprint density at radius 2 is 1.83 bits per heavy atom. The molecule has 0 radical (unpaired) electrons. The van der Waals surface area contributed by atoms with Gasteiger partial charge in [-0.25, -0.2) is 0 Å². The summed E-state index contributed by atoms with van der Waals surface area (Å²) < 4.78 is 5.90. The molecule has 0 saturated carbocycles. The Hall–Kier alpha value is -2.88. The molecule has 24 heavy (non-hydrogen) atoms. The monoisotopic (exact) mass is 320 g/mol. The highest BCUT2D eigenvalue weighted by atomic mass is 16.5. The van der Waals surface area contributed by atoms with E-state index in [0.29, 0.717) is 18.7 Å². The molecule has 3 rings (SSSR count). The van der Waals surface area contributed by atoms with Crippen LogP contribution in [0.15, 0.2) is 67.0 Å². The third-order valence-corrected chi connectivity index (χ3v) is 3.88. The number of benzene rings is 2. The number of amides is 1. The van der Waals surface area contributed by atoms with Crippen molar-refractivity contribution in [2.24, 2.45) is 0 Å². The van der Waals surface area contributed by atoms with Gasteiger partial charge < -0.3 is 10.1 Å². The van der Waals surface area contributed by atoms with Crippen molar-refractivity contribution in [3.05, 3.63) is 72.6 Å². The van der Waals surface area contributed by atoms with E-state index >= 15 is 0 Å². The maximum absolute atomic E-state index is 12.4. The highest BCUT2D eigenvalue weighted by Crippen LogP contribution is 2.22. The summed E-state index contributed by atoms with van der Waals surface area (Å²) in [5.41, 5.74) is 1.01. The summed E-state index contributed by atoms with van der Waals surface area (Å²) in [4.78, 5) is 16.3. The molecule has 3 aromatic rings. The fourth-order valence-corrected chi connectivity index (χ4v) is 2.53. The van der Waals surface area contributed by atoms with Gasteiger partial charge in [-0.15, -0.1) is 0 Å². The molecule has 4 nitrogen and oxygen atoms in total. The van der Waals surface area contributed by atoms with Gasteiger partial charge in [0.15, 0.2) is 6.10 Å². The van der Waals surface area contributed by atoms with Crippen LogP contribution in [0.2, 0.25) is 0 Å². The minimum absolute atomic E-state index is 0.109. The number of nitrogens with zero attached hydrogens (tertiary/aromatic N) is 1. The third kappa shape index (κ3) is 3.90. The topological polar surface area (TPSA) is 51.2 Å². The van der Waals surface area contributed by atoms with Crippen molar-refractivity contribution >= 4 is 16.7 Å². The molecule has 0 unspecified atom stereocenters. The fraction of sp³-hybridized carbons (Fsp3) is 0.200. The highest BCUT2D eigenvalue weighted by molar-refractivity contribution is 5.84. The molecule has 122 valence electrons. The molecule has 2 aromatic carbocycles. The van der Waals surface area contributed by atoms with E-state index in [1.165, 1.54) is 0 Å². The predicted octanol–water partition coefficient (Wildman–Crippen LogP) is 3.71. The van der Waals surface area contributed by atoms with Crippen LogP contribution in [0, 0.1) is 0 Å². The Morgan fingerprint density at radius 1 is 1.08 bits per heavy atom. The van der Waals surface area contributed by atoms with E-state index in [1.54, 1.807) is 12.4 Å². The fourth-order valence-electron chi connectivity index (χ4n) is 2.53. The maximum Gasteiger partial charge on any atom is 0.261 e. The molecule has 1 heterocycles. The zero-order valence-electron chi connectivity index (χ0n) is 13.6. The average Bonchev–Trinajstić information content (AvgIpc) is 2.65. The van der Waals surface area contributed by atoms with E-state index < -0.39 is 6.10 Å². The summed E-state index contributed by atoms with van der Waals surface area (Å²) in [7, 11) is 0. The minimum Gasteiger partial charge on any atom is -0.481 e. The van der Waals surface area contributed by atoms with Crippen LogP contribution >= 0.6 is 0 Å². The van der Waals surface area contributed by atoms with Crippen molar-refractivity contribution in [1.82, 2.24) is 10.3 Å². The number of pyridine rings is 1. The molecule has 0 bridgehead atoms. The summed E-state index contributed by atoms with van der Waals surface area (Å²) in [5.74, 6) is 0.599. The maximum atomic E-state index is 12.4. The molecule has 4 heteroatoms. The number of aromatic nitrogens is 1. The SMILES string of the molecule is CC[C@H](Oc1ccc2ccccc2c1)C(=O)NCc1ccncc1. The Labute approximate surface area is 141 Å². The number of carbonyl (C=O) groups is 1. The van der Waals surface area contributed by atoms with Gasteiger partial charge in [0.05, 0.1) is 0 Å². The smallest absolute Gasteiger partial charge is 0.261 e. The zero-order chi connectivity index (χ0) is 16.8. The molecule has 0 aliphatic rings. The van der Waals surface area contributed by atoms with Crippen LogP contribution in [0.5, 0.6) is 5.75 Å². The molecule has 0 spiro atoms. The number of nitrogens with one attached hydrogen (secondary N) is 1. The van der Waals surface area contributed by atoms with Crippen molar-refractivity contribution in [2.45, 2.75) is 26.0 Å². The van der Waals surface area contributed by atoms with Gasteiger partial charge in [-0.2, -0.15) is 0 Å². The largest absolute Gasteiger partial charge is 0.481 e. The lowest BCUT2D eigenvalue weighted by molar-refractivity contribution is -0.128. The second-order valence-corrected chi connectivity index (χ2v) is 5.60. The molecule has 0 aliphatic carbocycles. The minimum atomic E-state index is -0.506. The Balaban J connectivity index is 1.65. The van der Waals surface area contributed by atoms with Crippen molar-refractivity contribution in [3.63, 3.8) is 0 Å². The summed E-state index contributed by atoms with van der Waals surface area (Å²) in [6, 6.07) is 17.7. The standard InChI is InChI=1S/C20H20N2O2/c1-2-19(20(23)22-14-15-9-11-21-12-10-15)24-18-8-7-16-5-3-4-6-17(16)13-18/h3-13,19H,2,14H2,1H3,(H,22,23)/t19-/m0/s1. The van der Waals surface area contributed by atoms with Gasteiger partial charge in [0.2, 0.25) is 0 Å². The molecule has 0 saturated heterocycles. The number of hydrogen-bond acceptors (Lipinski definition) is 3. The molecular formula is C20H20N2O2. The van der Waals surface area contributed by atoms with Gasteiger partial charge in [0.25, 0.3) is 5.91 Å². The number of carbonyl (C=O) groups excluding carboxylic acids is 1. The summed E-state index contributed by atoms with van der Waals surface area (Å²) in [6.07, 6.45) is 3.53. The summed E-state index contributed by atoms with van der Waals surface area (Å²) >= 11 is 0. The molecule has 0 aliphatic heterocycles. The second-order valence-electron chi connectivity index (χ2n) is 5.60. The van der Waals surface area contributed by atoms with E-state index in [0.717, 1.165) is 16.3 Å². The first-order valence-electron chi connectivity index (χ1n) is 8.08. The molecule has 1 aromatic heterocycles. The van der Waals surface area contributed by atoms with Gasteiger partial charge in [-0.1, -0.05) is 37.3 Å². The molecule has 0 fully saturated rings. The first kappa shape index (κ1) is 16.0. The lowest BCUT2D eigenvalue weighted by Crippen LogP contribution is -2.37. The highest BCUT2D eigenvalue weighted by Gasteiger charge is 2.18. The predicted molar refractivity (Wildman–Crippen MR) is 94.7 cm³/mol. The quantitative estimate of drug-likeness (QED) is 0.753. The Kier molecular flexibility index (Phi) is 5.06. The van der Waals surface area contributed by atoms with E-state index in [1.807, 2.05) is 55.5 Å². The van der Waals surface area contributed by atoms with Crippen LogP contribution in [-0.2, 0) is 11.3 Å². The second kappa shape index (κ2) is 7.59. The summed E-state index contributed by atoms with van der Waals surface area (Å²) in [5, 5.41) is 5.17. The van der Waals surface area contributed by atoms with Crippen LogP contribution in [0.4, 0.5) is 0 Å². The molecule has 1 amide bonds. The summed E-state index contributed by atoms with van der Waals surface area (Å²) in [6.45, 7) is 2.41. The lowest BCUT2D eigenvalue weighted by atomic mass is 10.1. The third-order valence-electron chi connectivity index (χ3n) is 3.88. The zero-order valence-corrected chi connectivity index (χ0v) is 13.6. The van der Waals surface area contributed by atoms with Gasteiger partial charge in [-0.05, 0) is 47.0 Å². The molecule has 1 atom stereocenters. The van der Waals surface area contributed by atoms with Crippen molar-refractivity contribution in [1.29, 1.82) is 0 Å². The lowest BCUT2D eigenvalue weighted by Gasteiger charge is -2.17. The van der Waals surface area contributed by atoms with E-state index in [2.05, 4.69) is 16.4 Å². The van der Waals surface area contributed by atoms with Crippen molar-refractivity contribution < 1.29 is 9.53 Å². The number of ether oxygens (including phenoxy) is 1. The van der Waals surface area contributed by atoms with Crippen LogP contribution in [0.3, 0.4) is 0 Å². The molecular weight excluding hydrogens is 300 g/mol. The van der Waals surface area contributed by atoms with Crippen LogP contribution in [-0.4, -0.2) is 17.0 Å². The van der Waals surface area contributed by atoms with Gasteiger partial charge in [0, 0.05) is 18.9 Å².